The summed E-state index contributed by atoms with van der Waals surface area (Å²) in [7, 11) is 1.64. The molecule has 0 spiro atoms. The summed E-state index contributed by atoms with van der Waals surface area (Å²) in [5.41, 5.74) is 2.05. The fourth-order valence-electron chi connectivity index (χ4n) is 3.55. The molecule has 2 N–H and O–H groups in total. The number of carboxylic acids is 1. The standard InChI is InChI=1S/C24H26N6O3/c1-33-21-5-2-4-18(16-21)17-27-24(28-20-8-6-19(7-9-20)22(31)32)30-14-12-29(13-15-30)23-25-10-3-11-26-23/h2-11,16H,12-15,17H2,1H3,(H,27,28)(H,31,32). The molecular formula is C24H26N6O3. The van der Waals surface area contributed by atoms with Gasteiger partial charge in [-0.1, -0.05) is 12.1 Å². The lowest BCUT2D eigenvalue weighted by molar-refractivity contribution is 0.0697. The van der Waals surface area contributed by atoms with Crippen molar-refractivity contribution in [1.29, 1.82) is 0 Å². The highest BCUT2D eigenvalue weighted by Gasteiger charge is 2.21. The third-order valence-corrected chi connectivity index (χ3v) is 5.35. The van der Waals surface area contributed by atoms with Crippen LogP contribution in [-0.2, 0) is 6.54 Å². The maximum atomic E-state index is 11.2. The number of nitrogens with one attached hydrogen (secondary N) is 1. The molecule has 3 aromatic rings. The molecule has 1 aliphatic heterocycles. The van der Waals surface area contributed by atoms with Crippen LogP contribution in [0.4, 0.5) is 11.6 Å². The number of hydrogen-bond donors (Lipinski definition) is 2. The number of ether oxygens (including phenoxy) is 1. The summed E-state index contributed by atoms with van der Waals surface area (Å²) in [5, 5.41) is 12.5. The molecule has 1 saturated heterocycles. The molecule has 9 heteroatoms. The van der Waals surface area contributed by atoms with E-state index in [4.69, 9.17) is 14.8 Å². The maximum absolute atomic E-state index is 11.2. The minimum absolute atomic E-state index is 0.242. The fourth-order valence-corrected chi connectivity index (χ4v) is 3.55. The minimum atomic E-state index is -0.951. The number of anilines is 2. The molecule has 0 aliphatic carbocycles. The van der Waals surface area contributed by atoms with Crippen LogP contribution < -0.4 is 15.0 Å². The van der Waals surface area contributed by atoms with Gasteiger partial charge in [0.15, 0.2) is 5.96 Å². The Hall–Kier alpha value is -4.14. The van der Waals surface area contributed by atoms with Crippen molar-refractivity contribution in [2.75, 3.05) is 43.5 Å². The van der Waals surface area contributed by atoms with Crippen LogP contribution in [0.5, 0.6) is 5.75 Å². The Morgan fingerprint density at radius 2 is 1.79 bits per heavy atom. The monoisotopic (exact) mass is 446 g/mol. The molecule has 170 valence electrons. The normalized spacial score (nSPS) is 14.2. The van der Waals surface area contributed by atoms with Crippen LogP contribution in [0.3, 0.4) is 0 Å². The average Bonchev–Trinajstić information content (AvgIpc) is 2.87. The first-order valence-corrected chi connectivity index (χ1v) is 10.7. The third-order valence-electron chi connectivity index (χ3n) is 5.35. The smallest absolute Gasteiger partial charge is 0.335 e. The number of carbonyl (C=O) groups is 1. The van der Waals surface area contributed by atoms with Gasteiger partial charge < -0.3 is 25.0 Å². The van der Waals surface area contributed by atoms with Gasteiger partial charge in [0.1, 0.15) is 5.75 Å². The second-order valence-corrected chi connectivity index (χ2v) is 7.52. The second-order valence-electron chi connectivity index (χ2n) is 7.52. The molecule has 0 bridgehead atoms. The zero-order chi connectivity index (χ0) is 23.0. The molecule has 9 nitrogen and oxygen atoms in total. The van der Waals surface area contributed by atoms with Crippen molar-refractivity contribution in [3.63, 3.8) is 0 Å². The maximum Gasteiger partial charge on any atom is 0.335 e. The number of rotatable bonds is 6. The topological polar surface area (TPSA) is 103 Å². The van der Waals surface area contributed by atoms with Gasteiger partial charge >= 0.3 is 5.97 Å². The summed E-state index contributed by atoms with van der Waals surface area (Å²) in [5.74, 6) is 1.30. The largest absolute Gasteiger partial charge is 0.497 e. The highest BCUT2D eigenvalue weighted by molar-refractivity contribution is 5.94. The summed E-state index contributed by atoms with van der Waals surface area (Å²) in [6.45, 7) is 3.50. The SMILES string of the molecule is COc1cccc(CN=C(Nc2ccc(C(=O)O)cc2)N2CCN(c3ncccn3)CC2)c1. The van der Waals surface area contributed by atoms with Crippen LogP contribution in [0.1, 0.15) is 15.9 Å². The number of guanidine groups is 1. The third kappa shape index (κ3) is 5.76. The van der Waals surface area contributed by atoms with E-state index in [9.17, 15) is 4.79 Å². The Morgan fingerprint density at radius 3 is 2.45 bits per heavy atom. The zero-order valence-electron chi connectivity index (χ0n) is 18.4. The number of aromatic carboxylic acids is 1. The number of hydrogen-bond acceptors (Lipinski definition) is 6. The van der Waals surface area contributed by atoms with Gasteiger partial charge in [-0.3, -0.25) is 0 Å². The van der Waals surface area contributed by atoms with E-state index < -0.39 is 5.97 Å². The van der Waals surface area contributed by atoms with Crippen molar-refractivity contribution in [2.24, 2.45) is 4.99 Å². The first-order valence-electron chi connectivity index (χ1n) is 10.7. The van der Waals surface area contributed by atoms with Gasteiger partial charge in [0.25, 0.3) is 0 Å². The van der Waals surface area contributed by atoms with Crippen molar-refractivity contribution < 1.29 is 14.6 Å². The molecule has 0 saturated carbocycles. The molecule has 0 amide bonds. The molecule has 2 heterocycles. The summed E-state index contributed by atoms with van der Waals surface area (Å²) in [6.07, 6.45) is 3.50. The van der Waals surface area contributed by atoms with E-state index in [1.807, 2.05) is 30.3 Å². The molecular weight excluding hydrogens is 420 g/mol. The number of aromatic nitrogens is 2. The Morgan fingerprint density at radius 1 is 1.06 bits per heavy atom. The number of nitrogens with zero attached hydrogens (tertiary/aromatic N) is 5. The Kier molecular flexibility index (Phi) is 6.99. The Bertz CT molecular complexity index is 1100. The van der Waals surface area contributed by atoms with Gasteiger partial charge in [-0.25, -0.2) is 19.8 Å². The van der Waals surface area contributed by atoms with Crippen LogP contribution >= 0.6 is 0 Å². The molecule has 33 heavy (non-hydrogen) atoms. The Labute approximate surface area is 192 Å². The van der Waals surface area contributed by atoms with Gasteiger partial charge in [-0.15, -0.1) is 0 Å². The lowest BCUT2D eigenvalue weighted by Crippen LogP contribution is -2.51. The van der Waals surface area contributed by atoms with E-state index >= 15 is 0 Å². The lowest BCUT2D eigenvalue weighted by atomic mass is 10.2. The summed E-state index contributed by atoms with van der Waals surface area (Å²) < 4.78 is 5.32. The zero-order valence-corrected chi connectivity index (χ0v) is 18.4. The quantitative estimate of drug-likeness (QED) is 0.440. The highest BCUT2D eigenvalue weighted by atomic mass is 16.5. The van der Waals surface area contributed by atoms with Crippen LogP contribution in [0, 0.1) is 0 Å². The number of methoxy groups -OCH3 is 1. The number of piperazine rings is 1. The Balaban J connectivity index is 1.51. The van der Waals surface area contributed by atoms with Crippen LogP contribution in [0.25, 0.3) is 0 Å². The number of benzene rings is 2. The predicted molar refractivity (Wildman–Crippen MR) is 127 cm³/mol. The first kappa shape index (κ1) is 22.1. The van der Waals surface area contributed by atoms with Gasteiger partial charge in [0, 0.05) is 44.3 Å². The summed E-state index contributed by atoms with van der Waals surface area (Å²) >= 11 is 0. The molecule has 4 rings (SSSR count). The first-order chi connectivity index (χ1) is 16.1. The van der Waals surface area contributed by atoms with Crippen LogP contribution in [0.15, 0.2) is 72.0 Å². The van der Waals surface area contributed by atoms with E-state index in [0.717, 1.165) is 55.1 Å². The van der Waals surface area contributed by atoms with E-state index in [-0.39, 0.29) is 5.56 Å². The highest BCUT2D eigenvalue weighted by Crippen LogP contribution is 2.16. The van der Waals surface area contributed by atoms with Crippen molar-refractivity contribution in [3.05, 3.63) is 78.1 Å². The van der Waals surface area contributed by atoms with E-state index in [1.54, 1.807) is 43.8 Å². The molecule has 1 aromatic heterocycles. The number of carboxylic acid groups (broad SMARTS) is 1. The van der Waals surface area contributed by atoms with Crippen molar-refractivity contribution in [1.82, 2.24) is 14.9 Å². The lowest BCUT2D eigenvalue weighted by Gasteiger charge is -2.36. The summed E-state index contributed by atoms with van der Waals surface area (Å²) in [4.78, 5) is 29.0. The summed E-state index contributed by atoms with van der Waals surface area (Å²) in [6, 6.07) is 16.3. The number of aliphatic imine (C=N–C) groups is 1. The predicted octanol–water partition coefficient (Wildman–Crippen LogP) is 2.97. The van der Waals surface area contributed by atoms with E-state index in [0.29, 0.717) is 6.54 Å². The van der Waals surface area contributed by atoms with Crippen molar-refractivity contribution in [2.45, 2.75) is 6.54 Å². The van der Waals surface area contributed by atoms with Crippen LogP contribution in [-0.4, -0.2) is 65.2 Å². The second kappa shape index (κ2) is 10.4. The minimum Gasteiger partial charge on any atom is -0.497 e. The van der Waals surface area contributed by atoms with Gasteiger partial charge in [-0.05, 0) is 48.0 Å². The van der Waals surface area contributed by atoms with Crippen molar-refractivity contribution >= 4 is 23.6 Å². The van der Waals surface area contributed by atoms with E-state index in [2.05, 4.69) is 25.1 Å². The molecule has 2 aromatic carbocycles. The molecule has 0 unspecified atom stereocenters. The van der Waals surface area contributed by atoms with Gasteiger partial charge in [-0.2, -0.15) is 0 Å². The molecule has 1 fully saturated rings. The fraction of sp³-hybridized carbons (Fsp3) is 0.250. The van der Waals surface area contributed by atoms with Crippen molar-refractivity contribution in [3.8, 4) is 5.75 Å². The van der Waals surface area contributed by atoms with Gasteiger partial charge in [0.2, 0.25) is 5.95 Å². The van der Waals surface area contributed by atoms with Crippen LogP contribution in [0.2, 0.25) is 0 Å². The van der Waals surface area contributed by atoms with E-state index in [1.165, 1.54) is 0 Å². The molecule has 0 radical (unpaired) electrons. The molecule has 0 atom stereocenters. The average molecular weight is 447 g/mol. The molecule has 1 aliphatic rings. The van der Waals surface area contributed by atoms with Gasteiger partial charge in [0.05, 0.1) is 19.2 Å².